The molecular weight excluding hydrogens is 344 g/mol. The van der Waals surface area contributed by atoms with Gasteiger partial charge in [-0.25, -0.2) is 13.1 Å². The average molecular weight is 367 g/mol. The fourth-order valence-corrected chi connectivity index (χ4v) is 5.57. The topological polar surface area (TPSA) is 68.3 Å². The molecule has 0 amide bonds. The van der Waals surface area contributed by atoms with Gasteiger partial charge in [0.05, 0.1) is 6.04 Å². The number of nitrogens with zero attached hydrogens (tertiary/aromatic N) is 1. The van der Waals surface area contributed by atoms with Gasteiger partial charge < -0.3 is 4.74 Å². The van der Waals surface area contributed by atoms with Gasteiger partial charge in [0.15, 0.2) is 0 Å². The summed E-state index contributed by atoms with van der Waals surface area (Å²) in [5, 5.41) is 0. The normalized spacial score (nSPS) is 17.7. The second-order valence-corrected chi connectivity index (χ2v) is 9.02. The number of thiophene rings is 1. The molecule has 1 fully saturated rings. The Morgan fingerprint density at radius 3 is 2.75 bits per heavy atom. The Labute approximate surface area is 147 Å². The number of hydrogen-bond acceptors (Lipinski definition) is 5. The molecule has 1 unspecified atom stereocenters. The number of hydrogen-bond donors (Lipinski definition) is 1. The zero-order chi connectivity index (χ0) is 17.0. The van der Waals surface area contributed by atoms with Crippen LogP contribution in [0.5, 0.6) is 0 Å². The monoisotopic (exact) mass is 366 g/mol. The van der Waals surface area contributed by atoms with Crippen molar-refractivity contribution in [3.05, 3.63) is 47.1 Å². The quantitative estimate of drug-likeness (QED) is 0.853. The van der Waals surface area contributed by atoms with Crippen LogP contribution in [0.15, 0.2) is 40.9 Å². The largest absolute Gasteiger partial charge is 0.381 e. The van der Waals surface area contributed by atoms with Crippen molar-refractivity contribution in [3.63, 3.8) is 0 Å². The maximum Gasteiger partial charge on any atom is 0.250 e. The zero-order valence-corrected chi connectivity index (χ0v) is 15.3. The zero-order valence-electron chi connectivity index (χ0n) is 13.6. The molecule has 2 aromatic heterocycles. The summed E-state index contributed by atoms with van der Waals surface area (Å²) in [5.41, 5.74) is 0.903. The van der Waals surface area contributed by atoms with E-state index in [9.17, 15) is 8.42 Å². The van der Waals surface area contributed by atoms with Gasteiger partial charge in [-0.05, 0) is 48.9 Å². The van der Waals surface area contributed by atoms with Gasteiger partial charge in [-0.3, -0.25) is 4.98 Å². The minimum atomic E-state index is -3.55. The third-order valence-electron chi connectivity index (χ3n) is 4.31. The summed E-state index contributed by atoms with van der Waals surface area (Å²) < 4.78 is 34.4. The molecule has 3 rings (SSSR count). The molecule has 0 spiro atoms. The van der Waals surface area contributed by atoms with Crippen LogP contribution in [0.1, 0.15) is 36.2 Å². The molecule has 5 nitrogen and oxygen atoms in total. The van der Waals surface area contributed by atoms with E-state index in [-0.39, 0.29) is 12.0 Å². The van der Waals surface area contributed by atoms with Crippen molar-refractivity contribution in [1.82, 2.24) is 9.71 Å². The summed E-state index contributed by atoms with van der Waals surface area (Å²) in [6.07, 6.45) is 5.96. The molecule has 1 aliphatic rings. The van der Waals surface area contributed by atoms with Gasteiger partial charge in [0.2, 0.25) is 0 Å². The molecule has 1 atom stereocenters. The van der Waals surface area contributed by atoms with Crippen LogP contribution >= 0.6 is 11.3 Å². The molecule has 3 heterocycles. The fourth-order valence-electron chi connectivity index (χ4n) is 2.96. The van der Waals surface area contributed by atoms with E-state index in [0.717, 1.165) is 29.7 Å². The van der Waals surface area contributed by atoms with Gasteiger partial charge in [-0.2, -0.15) is 0 Å². The van der Waals surface area contributed by atoms with Crippen LogP contribution in [0, 0.1) is 5.92 Å². The predicted molar refractivity (Wildman–Crippen MR) is 94.5 cm³/mol. The van der Waals surface area contributed by atoms with Crippen molar-refractivity contribution in [2.24, 2.45) is 5.92 Å². The smallest absolute Gasteiger partial charge is 0.250 e. The van der Waals surface area contributed by atoms with Crippen molar-refractivity contribution < 1.29 is 13.2 Å². The minimum absolute atomic E-state index is 0.211. The van der Waals surface area contributed by atoms with Gasteiger partial charge in [0.25, 0.3) is 10.0 Å². The van der Waals surface area contributed by atoms with Crippen LogP contribution < -0.4 is 4.72 Å². The molecule has 130 valence electrons. The number of aromatic nitrogens is 1. The SMILES string of the molecule is CCc1ccc(S(=O)(=O)NC(c2cccnc2)C2CCOCC2)s1. The first-order chi connectivity index (χ1) is 11.6. The van der Waals surface area contributed by atoms with E-state index >= 15 is 0 Å². The van der Waals surface area contributed by atoms with Gasteiger partial charge in [0, 0.05) is 30.5 Å². The Morgan fingerprint density at radius 1 is 1.33 bits per heavy atom. The Hall–Kier alpha value is -1.28. The minimum Gasteiger partial charge on any atom is -0.381 e. The van der Waals surface area contributed by atoms with E-state index in [1.807, 2.05) is 25.1 Å². The lowest BCUT2D eigenvalue weighted by molar-refractivity contribution is 0.0564. The van der Waals surface area contributed by atoms with E-state index in [2.05, 4.69) is 9.71 Å². The first-order valence-corrected chi connectivity index (χ1v) is 10.5. The molecule has 0 bridgehead atoms. The summed E-state index contributed by atoms with van der Waals surface area (Å²) in [6.45, 7) is 3.36. The molecule has 0 radical (unpaired) electrons. The Morgan fingerprint density at radius 2 is 2.12 bits per heavy atom. The maximum atomic E-state index is 12.8. The lowest BCUT2D eigenvalue weighted by Gasteiger charge is -2.30. The third kappa shape index (κ3) is 4.03. The van der Waals surface area contributed by atoms with Crippen LogP contribution in [-0.4, -0.2) is 26.6 Å². The molecule has 0 aromatic carbocycles. The summed E-state index contributed by atoms with van der Waals surface area (Å²) in [4.78, 5) is 5.23. The number of sulfonamides is 1. The summed E-state index contributed by atoms with van der Waals surface area (Å²) in [7, 11) is -3.55. The van der Waals surface area contributed by atoms with Crippen molar-refractivity contribution in [2.45, 2.75) is 36.4 Å². The Bertz CT molecular complexity index is 753. The molecule has 1 N–H and O–H groups in total. The van der Waals surface area contributed by atoms with Gasteiger partial charge in [0.1, 0.15) is 4.21 Å². The average Bonchev–Trinajstić information content (AvgIpc) is 3.11. The van der Waals surface area contributed by atoms with Crippen LogP contribution in [0.3, 0.4) is 0 Å². The number of nitrogens with one attached hydrogen (secondary N) is 1. The van der Waals surface area contributed by atoms with Crippen molar-refractivity contribution in [2.75, 3.05) is 13.2 Å². The fraction of sp³-hybridized carbons (Fsp3) is 0.471. The second kappa shape index (κ2) is 7.74. The molecule has 0 aliphatic carbocycles. The van der Waals surface area contributed by atoms with Crippen LogP contribution in [0.4, 0.5) is 0 Å². The lowest BCUT2D eigenvalue weighted by atomic mass is 9.88. The third-order valence-corrected chi connectivity index (χ3v) is 7.48. The molecule has 1 saturated heterocycles. The van der Waals surface area contributed by atoms with Crippen molar-refractivity contribution >= 4 is 21.4 Å². The van der Waals surface area contributed by atoms with Crippen LogP contribution in [0.25, 0.3) is 0 Å². The first kappa shape index (κ1) is 17.5. The van der Waals surface area contributed by atoms with E-state index < -0.39 is 10.0 Å². The molecular formula is C17H22N2O3S2. The summed E-state index contributed by atoms with van der Waals surface area (Å²) in [6, 6.07) is 7.07. The Kier molecular flexibility index (Phi) is 5.65. The standard InChI is InChI=1S/C17H22N2O3S2/c1-2-15-5-6-16(23-15)24(20,21)19-17(13-7-10-22-11-8-13)14-4-3-9-18-12-14/h3-6,9,12-13,17,19H,2,7-8,10-11H2,1H3. The van der Waals surface area contributed by atoms with Crippen LogP contribution in [-0.2, 0) is 21.2 Å². The van der Waals surface area contributed by atoms with E-state index in [1.165, 1.54) is 11.3 Å². The highest BCUT2D eigenvalue weighted by Crippen LogP contribution is 2.32. The highest BCUT2D eigenvalue weighted by Gasteiger charge is 2.30. The van der Waals surface area contributed by atoms with Crippen molar-refractivity contribution in [1.29, 1.82) is 0 Å². The highest BCUT2D eigenvalue weighted by atomic mass is 32.2. The van der Waals surface area contributed by atoms with Gasteiger partial charge in [-0.1, -0.05) is 13.0 Å². The molecule has 1 aliphatic heterocycles. The lowest BCUT2D eigenvalue weighted by Crippen LogP contribution is -2.35. The second-order valence-electron chi connectivity index (χ2n) is 5.91. The summed E-state index contributed by atoms with van der Waals surface area (Å²) >= 11 is 1.33. The van der Waals surface area contributed by atoms with E-state index in [0.29, 0.717) is 17.4 Å². The van der Waals surface area contributed by atoms with E-state index in [1.54, 1.807) is 18.5 Å². The molecule has 7 heteroatoms. The number of ether oxygens (including phenoxy) is 1. The summed E-state index contributed by atoms with van der Waals surface area (Å²) in [5.74, 6) is 0.211. The highest BCUT2D eigenvalue weighted by molar-refractivity contribution is 7.91. The number of pyridine rings is 1. The number of rotatable bonds is 6. The van der Waals surface area contributed by atoms with Crippen LogP contribution in [0.2, 0.25) is 0 Å². The maximum absolute atomic E-state index is 12.8. The predicted octanol–water partition coefficient (Wildman–Crippen LogP) is 3.15. The molecule has 2 aromatic rings. The Balaban J connectivity index is 1.88. The van der Waals surface area contributed by atoms with Gasteiger partial charge >= 0.3 is 0 Å². The molecule has 24 heavy (non-hydrogen) atoms. The molecule has 0 saturated carbocycles. The van der Waals surface area contributed by atoms with Gasteiger partial charge in [-0.15, -0.1) is 11.3 Å². The first-order valence-electron chi connectivity index (χ1n) is 8.19. The van der Waals surface area contributed by atoms with E-state index in [4.69, 9.17) is 4.74 Å². The number of aryl methyl sites for hydroxylation is 1. The van der Waals surface area contributed by atoms with Crippen molar-refractivity contribution in [3.8, 4) is 0 Å².